The second kappa shape index (κ2) is 7.94. The van der Waals surface area contributed by atoms with Crippen LogP contribution in [0.3, 0.4) is 0 Å². The van der Waals surface area contributed by atoms with Crippen LogP contribution in [0, 0.1) is 17.8 Å². The molecule has 20 heavy (non-hydrogen) atoms. The van der Waals surface area contributed by atoms with Crippen LogP contribution in [0.15, 0.2) is 18.2 Å². The summed E-state index contributed by atoms with van der Waals surface area (Å²) in [5.41, 5.74) is 7.39. The number of methoxy groups -OCH3 is 1. The van der Waals surface area contributed by atoms with E-state index in [1.165, 1.54) is 25.7 Å². The average Bonchev–Trinajstić information content (AvgIpc) is 2.43. The van der Waals surface area contributed by atoms with Gasteiger partial charge in [0, 0.05) is 17.7 Å². The molecular weight excluding hydrogens is 250 g/mol. The number of hydrogen-bond acceptors (Lipinski definition) is 3. The molecule has 108 valence electrons. The molecule has 3 nitrogen and oxygen atoms in total. The largest absolute Gasteiger partial charge is 0.496 e. The van der Waals surface area contributed by atoms with E-state index in [9.17, 15) is 0 Å². The quantitative estimate of drug-likeness (QED) is 0.640. The lowest BCUT2D eigenvalue weighted by Crippen LogP contribution is -2.13. The normalized spacial score (nSPS) is 14.3. The molecule has 1 aliphatic carbocycles. The van der Waals surface area contributed by atoms with Crippen molar-refractivity contribution in [1.29, 1.82) is 0 Å². The summed E-state index contributed by atoms with van der Waals surface area (Å²) in [7, 11) is 1.68. The molecule has 0 bridgehead atoms. The molecule has 2 N–H and O–H groups in total. The fraction of sp³-hybridized carbons (Fsp3) is 0.529. The topological polar surface area (TPSA) is 44.5 Å². The number of rotatable bonds is 6. The van der Waals surface area contributed by atoms with Crippen molar-refractivity contribution < 1.29 is 9.47 Å². The van der Waals surface area contributed by atoms with Gasteiger partial charge in [-0.25, -0.2) is 0 Å². The van der Waals surface area contributed by atoms with Crippen molar-refractivity contribution in [1.82, 2.24) is 0 Å². The van der Waals surface area contributed by atoms with Crippen molar-refractivity contribution in [3.05, 3.63) is 29.3 Å². The molecule has 1 aromatic rings. The average molecular weight is 273 g/mol. The fourth-order valence-electron chi connectivity index (χ4n) is 2.34. The maximum Gasteiger partial charge on any atom is 0.124 e. The molecule has 1 aromatic carbocycles. The van der Waals surface area contributed by atoms with Crippen molar-refractivity contribution in [2.45, 2.75) is 32.3 Å². The second-order valence-corrected chi connectivity index (χ2v) is 5.17. The molecule has 0 saturated heterocycles. The van der Waals surface area contributed by atoms with Crippen LogP contribution in [-0.2, 0) is 11.3 Å². The Balaban J connectivity index is 1.89. The van der Waals surface area contributed by atoms with Gasteiger partial charge in [0.1, 0.15) is 5.75 Å². The highest BCUT2D eigenvalue weighted by Crippen LogP contribution is 2.29. The molecular formula is C17H23NO2. The second-order valence-electron chi connectivity index (χ2n) is 5.17. The van der Waals surface area contributed by atoms with Crippen molar-refractivity contribution in [3.8, 4) is 17.6 Å². The Morgan fingerprint density at radius 2 is 2.20 bits per heavy atom. The molecule has 1 aliphatic rings. The van der Waals surface area contributed by atoms with Gasteiger partial charge in [-0.15, -0.1) is 0 Å². The first-order valence-corrected chi connectivity index (χ1v) is 7.27. The highest BCUT2D eigenvalue weighted by atomic mass is 16.5. The molecule has 0 aromatic heterocycles. The summed E-state index contributed by atoms with van der Waals surface area (Å²) in [6, 6.07) is 5.90. The lowest BCUT2D eigenvalue weighted by molar-refractivity contribution is 0.0936. The van der Waals surface area contributed by atoms with Gasteiger partial charge in [-0.05, 0) is 30.5 Å². The summed E-state index contributed by atoms with van der Waals surface area (Å²) in [6.45, 7) is 1.78. The van der Waals surface area contributed by atoms with Gasteiger partial charge < -0.3 is 15.2 Å². The van der Waals surface area contributed by atoms with Crippen molar-refractivity contribution in [3.63, 3.8) is 0 Å². The van der Waals surface area contributed by atoms with Gasteiger partial charge >= 0.3 is 0 Å². The van der Waals surface area contributed by atoms with Crippen LogP contribution in [0.1, 0.15) is 36.8 Å². The Morgan fingerprint density at radius 3 is 2.85 bits per heavy atom. The molecule has 0 unspecified atom stereocenters. The Morgan fingerprint density at radius 1 is 1.35 bits per heavy atom. The summed E-state index contributed by atoms with van der Waals surface area (Å²) >= 11 is 0. The van der Waals surface area contributed by atoms with E-state index in [4.69, 9.17) is 15.2 Å². The Kier molecular flexibility index (Phi) is 5.91. The molecule has 1 saturated carbocycles. The first-order valence-electron chi connectivity index (χ1n) is 7.27. The van der Waals surface area contributed by atoms with Gasteiger partial charge in [-0.3, -0.25) is 0 Å². The third kappa shape index (κ3) is 4.26. The minimum Gasteiger partial charge on any atom is -0.496 e. The van der Waals surface area contributed by atoms with Gasteiger partial charge in [-0.1, -0.05) is 31.1 Å². The van der Waals surface area contributed by atoms with E-state index in [-0.39, 0.29) is 0 Å². The fourth-order valence-corrected chi connectivity index (χ4v) is 2.34. The highest BCUT2D eigenvalue weighted by molar-refractivity contribution is 5.44. The van der Waals surface area contributed by atoms with Crippen LogP contribution in [0.4, 0.5) is 0 Å². The van der Waals surface area contributed by atoms with Crippen LogP contribution in [0.2, 0.25) is 0 Å². The number of nitrogens with two attached hydrogens (primary N) is 1. The molecule has 0 spiro atoms. The molecule has 0 aliphatic heterocycles. The van der Waals surface area contributed by atoms with Crippen LogP contribution < -0.4 is 10.5 Å². The summed E-state index contributed by atoms with van der Waals surface area (Å²) < 4.78 is 11.1. The maximum absolute atomic E-state index is 5.78. The van der Waals surface area contributed by atoms with E-state index in [1.807, 2.05) is 18.2 Å². The van der Waals surface area contributed by atoms with Crippen LogP contribution in [-0.4, -0.2) is 20.3 Å². The van der Waals surface area contributed by atoms with E-state index in [2.05, 4.69) is 11.8 Å². The van der Waals surface area contributed by atoms with E-state index >= 15 is 0 Å². The maximum atomic E-state index is 5.78. The van der Waals surface area contributed by atoms with Crippen LogP contribution in [0.25, 0.3) is 0 Å². The zero-order valence-electron chi connectivity index (χ0n) is 12.2. The van der Waals surface area contributed by atoms with Crippen LogP contribution >= 0.6 is 0 Å². The monoisotopic (exact) mass is 273 g/mol. The molecule has 1 fully saturated rings. The summed E-state index contributed by atoms with van der Waals surface area (Å²) in [6.07, 6.45) is 5.31. The van der Waals surface area contributed by atoms with Crippen molar-refractivity contribution in [2.75, 3.05) is 20.3 Å². The van der Waals surface area contributed by atoms with Gasteiger partial charge in [0.05, 0.1) is 20.3 Å². The molecule has 0 heterocycles. The Bertz CT molecular complexity index is 483. The molecule has 0 amide bonds. The first kappa shape index (κ1) is 14.9. The standard InChI is InChI=1S/C17H23NO2/c1-19-17-8-7-15(6-3-10-18)12-16(17)13-20-11-9-14-4-2-5-14/h7-8,12,14H,2,4-5,9-11,13,18H2,1H3. The summed E-state index contributed by atoms with van der Waals surface area (Å²) in [5, 5.41) is 0. The van der Waals surface area contributed by atoms with Gasteiger partial charge in [0.2, 0.25) is 0 Å². The molecule has 0 atom stereocenters. The van der Waals surface area contributed by atoms with E-state index in [0.717, 1.165) is 29.4 Å². The summed E-state index contributed by atoms with van der Waals surface area (Å²) in [5.74, 6) is 7.64. The van der Waals surface area contributed by atoms with Gasteiger partial charge in [0.25, 0.3) is 0 Å². The smallest absolute Gasteiger partial charge is 0.124 e. The highest BCUT2D eigenvalue weighted by Gasteiger charge is 2.16. The van der Waals surface area contributed by atoms with Gasteiger partial charge in [0.15, 0.2) is 0 Å². The minimum atomic E-state index is 0.374. The molecule has 0 radical (unpaired) electrons. The third-order valence-electron chi connectivity index (χ3n) is 3.77. The zero-order chi connectivity index (χ0) is 14.2. The van der Waals surface area contributed by atoms with E-state index in [0.29, 0.717) is 13.2 Å². The Hall–Kier alpha value is -1.50. The minimum absolute atomic E-state index is 0.374. The predicted molar refractivity (Wildman–Crippen MR) is 80.5 cm³/mol. The zero-order valence-corrected chi connectivity index (χ0v) is 12.2. The molecule has 3 heteroatoms. The van der Waals surface area contributed by atoms with Crippen molar-refractivity contribution in [2.24, 2.45) is 11.7 Å². The van der Waals surface area contributed by atoms with Gasteiger partial charge in [-0.2, -0.15) is 0 Å². The summed E-state index contributed by atoms with van der Waals surface area (Å²) in [4.78, 5) is 0. The Labute approximate surface area is 121 Å². The SMILES string of the molecule is COc1ccc(C#CCN)cc1COCCC1CCC1. The van der Waals surface area contributed by atoms with E-state index in [1.54, 1.807) is 7.11 Å². The predicted octanol–water partition coefficient (Wildman–Crippen LogP) is 2.71. The van der Waals surface area contributed by atoms with Crippen LogP contribution in [0.5, 0.6) is 5.75 Å². The van der Waals surface area contributed by atoms with Crippen molar-refractivity contribution >= 4 is 0 Å². The lowest BCUT2D eigenvalue weighted by atomic mass is 9.83. The first-order chi connectivity index (χ1) is 9.83. The number of benzene rings is 1. The number of ether oxygens (including phenoxy) is 2. The lowest BCUT2D eigenvalue weighted by Gasteiger charge is -2.24. The molecule has 2 rings (SSSR count). The van der Waals surface area contributed by atoms with E-state index < -0.39 is 0 Å². The third-order valence-corrected chi connectivity index (χ3v) is 3.77. The number of hydrogen-bond donors (Lipinski definition) is 1.